The van der Waals surface area contributed by atoms with E-state index < -0.39 is 5.79 Å². The zero-order valence-corrected chi connectivity index (χ0v) is 13.6. The molecular weight excluding hydrogens is 290 g/mol. The lowest BCUT2D eigenvalue weighted by Crippen LogP contribution is -2.52. The molecule has 0 radical (unpaired) electrons. The molecule has 122 valence electrons. The maximum atomic E-state index is 11.4. The second kappa shape index (κ2) is 6.71. The van der Waals surface area contributed by atoms with Crippen molar-refractivity contribution in [3.8, 4) is 5.75 Å². The Morgan fingerprint density at radius 2 is 1.87 bits per heavy atom. The lowest BCUT2D eigenvalue weighted by Gasteiger charge is -2.46. The van der Waals surface area contributed by atoms with Gasteiger partial charge in [0, 0.05) is 12.1 Å². The number of aliphatic hydroxyl groups is 1. The zero-order valence-electron chi connectivity index (χ0n) is 13.6. The molecule has 4 heteroatoms. The summed E-state index contributed by atoms with van der Waals surface area (Å²) in [7, 11) is 1.65. The van der Waals surface area contributed by atoms with Crippen molar-refractivity contribution in [3.63, 3.8) is 0 Å². The number of morpholine rings is 1. The van der Waals surface area contributed by atoms with Crippen molar-refractivity contribution in [1.29, 1.82) is 0 Å². The molecule has 0 unspecified atom stereocenters. The molecule has 0 spiro atoms. The molecule has 4 nitrogen and oxygen atoms in total. The maximum Gasteiger partial charge on any atom is 0.212 e. The second-order valence-electron chi connectivity index (χ2n) is 5.72. The molecule has 2 atom stereocenters. The monoisotopic (exact) mass is 313 g/mol. The van der Waals surface area contributed by atoms with Gasteiger partial charge >= 0.3 is 0 Å². The van der Waals surface area contributed by atoms with Crippen LogP contribution in [0.4, 0.5) is 0 Å². The van der Waals surface area contributed by atoms with Crippen LogP contribution in [0.3, 0.4) is 0 Å². The standard InChI is InChI=1S/C19H23NO3/c1-3-20-13-14-23-19(21,16-7-5-4-6-8-16)18(20)15-9-11-17(22-2)12-10-15/h4-12,18,21H,3,13-14H2,1-2H3/t18-,19-/m0/s1. The first-order valence-electron chi connectivity index (χ1n) is 7.99. The lowest BCUT2D eigenvalue weighted by atomic mass is 9.89. The fourth-order valence-corrected chi connectivity index (χ4v) is 3.26. The van der Waals surface area contributed by atoms with Crippen molar-refractivity contribution in [2.24, 2.45) is 0 Å². The molecule has 1 heterocycles. The Morgan fingerprint density at radius 3 is 2.48 bits per heavy atom. The largest absolute Gasteiger partial charge is 0.497 e. The van der Waals surface area contributed by atoms with Gasteiger partial charge in [-0.05, 0) is 24.2 Å². The summed E-state index contributed by atoms with van der Waals surface area (Å²) in [5.41, 5.74) is 1.79. The summed E-state index contributed by atoms with van der Waals surface area (Å²) in [4.78, 5) is 2.25. The van der Waals surface area contributed by atoms with E-state index in [4.69, 9.17) is 9.47 Å². The van der Waals surface area contributed by atoms with Gasteiger partial charge in [0.1, 0.15) is 5.75 Å². The first-order chi connectivity index (χ1) is 11.2. The van der Waals surface area contributed by atoms with E-state index in [1.807, 2.05) is 54.6 Å². The molecule has 23 heavy (non-hydrogen) atoms. The summed E-state index contributed by atoms with van der Waals surface area (Å²) in [6, 6.07) is 17.2. The lowest BCUT2D eigenvalue weighted by molar-refractivity contribution is -0.281. The van der Waals surface area contributed by atoms with Crippen molar-refractivity contribution in [2.45, 2.75) is 18.8 Å². The van der Waals surface area contributed by atoms with Crippen molar-refractivity contribution < 1.29 is 14.6 Å². The Labute approximate surface area is 137 Å². The van der Waals surface area contributed by atoms with E-state index in [1.54, 1.807) is 7.11 Å². The smallest absolute Gasteiger partial charge is 0.212 e. The summed E-state index contributed by atoms with van der Waals surface area (Å²) in [5.74, 6) is -0.554. The van der Waals surface area contributed by atoms with Crippen LogP contribution in [0.15, 0.2) is 54.6 Å². The first-order valence-corrected chi connectivity index (χ1v) is 7.99. The summed E-state index contributed by atoms with van der Waals surface area (Å²) < 4.78 is 11.1. The highest BCUT2D eigenvalue weighted by Crippen LogP contribution is 2.43. The van der Waals surface area contributed by atoms with Gasteiger partial charge in [0.05, 0.1) is 19.8 Å². The number of nitrogens with zero attached hydrogens (tertiary/aromatic N) is 1. The van der Waals surface area contributed by atoms with Gasteiger partial charge in [0.25, 0.3) is 0 Å². The zero-order chi connectivity index (χ0) is 16.3. The van der Waals surface area contributed by atoms with Crippen LogP contribution in [0.25, 0.3) is 0 Å². The van der Waals surface area contributed by atoms with E-state index in [0.717, 1.165) is 30.0 Å². The number of methoxy groups -OCH3 is 1. The molecule has 1 aliphatic rings. The van der Waals surface area contributed by atoms with Crippen LogP contribution in [0.5, 0.6) is 5.75 Å². The highest BCUT2D eigenvalue weighted by molar-refractivity contribution is 5.33. The average Bonchev–Trinajstić information content (AvgIpc) is 2.62. The predicted molar refractivity (Wildman–Crippen MR) is 89.3 cm³/mol. The Kier molecular flexibility index (Phi) is 4.66. The van der Waals surface area contributed by atoms with Crippen molar-refractivity contribution >= 4 is 0 Å². The average molecular weight is 313 g/mol. The Morgan fingerprint density at radius 1 is 1.17 bits per heavy atom. The summed E-state index contributed by atoms with van der Waals surface area (Å²) in [6.45, 7) is 4.25. The molecule has 0 aliphatic carbocycles. The third-order valence-corrected chi connectivity index (χ3v) is 4.46. The van der Waals surface area contributed by atoms with Gasteiger partial charge in [-0.15, -0.1) is 0 Å². The maximum absolute atomic E-state index is 11.4. The van der Waals surface area contributed by atoms with Crippen molar-refractivity contribution in [1.82, 2.24) is 4.90 Å². The minimum atomic E-state index is -1.36. The van der Waals surface area contributed by atoms with E-state index in [2.05, 4.69) is 11.8 Å². The summed E-state index contributed by atoms with van der Waals surface area (Å²) in [6.07, 6.45) is 0. The molecule has 3 rings (SSSR count). The Bertz CT molecular complexity index is 629. The molecule has 1 aliphatic heterocycles. The van der Waals surface area contributed by atoms with Crippen molar-refractivity contribution in [2.75, 3.05) is 26.8 Å². The van der Waals surface area contributed by atoms with E-state index in [0.29, 0.717) is 6.61 Å². The van der Waals surface area contributed by atoms with Gasteiger partial charge < -0.3 is 14.6 Å². The number of benzene rings is 2. The van der Waals surface area contributed by atoms with Gasteiger partial charge in [-0.25, -0.2) is 0 Å². The van der Waals surface area contributed by atoms with Gasteiger partial charge in [-0.2, -0.15) is 0 Å². The topological polar surface area (TPSA) is 41.9 Å². The van der Waals surface area contributed by atoms with Gasteiger partial charge in [0.15, 0.2) is 0 Å². The van der Waals surface area contributed by atoms with Crippen molar-refractivity contribution in [3.05, 3.63) is 65.7 Å². The summed E-state index contributed by atoms with van der Waals surface area (Å²) in [5, 5.41) is 11.4. The number of ether oxygens (including phenoxy) is 2. The molecule has 1 saturated heterocycles. The molecule has 2 aromatic carbocycles. The fourth-order valence-electron chi connectivity index (χ4n) is 3.26. The highest BCUT2D eigenvalue weighted by atomic mass is 16.6. The first kappa shape index (κ1) is 16.0. The molecule has 0 aromatic heterocycles. The Balaban J connectivity index is 2.05. The highest BCUT2D eigenvalue weighted by Gasteiger charge is 2.46. The third kappa shape index (κ3) is 2.98. The van der Waals surface area contributed by atoms with Crippen LogP contribution < -0.4 is 4.74 Å². The SMILES string of the molecule is CCN1CCO[C@@](O)(c2ccccc2)[C@@H]1c1ccc(OC)cc1. The molecule has 0 saturated carbocycles. The fraction of sp³-hybridized carbons (Fsp3) is 0.368. The quantitative estimate of drug-likeness (QED) is 0.942. The van der Waals surface area contributed by atoms with E-state index in [9.17, 15) is 5.11 Å². The number of rotatable bonds is 4. The van der Waals surface area contributed by atoms with Crippen LogP contribution in [0, 0.1) is 0 Å². The molecular formula is C19H23NO3. The van der Waals surface area contributed by atoms with Crippen LogP contribution in [0.2, 0.25) is 0 Å². The third-order valence-electron chi connectivity index (χ3n) is 4.46. The second-order valence-corrected chi connectivity index (χ2v) is 5.72. The summed E-state index contributed by atoms with van der Waals surface area (Å²) >= 11 is 0. The Hall–Kier alpha value is -1.88. The van der Waals surface area contributed by atoms with E-state index >= 15 is 0 Å². The number of hydrogen-bond acceptors (Lipinski definition) is 4. The number of hydrogen-bond donors (Lipinski definition) is 1. The van der Waals surface area contributed by atoms with Crippen LogP contribution in [-0.4, -0.2) is 36.8 Å². The predicted octanol–water partition coefficient (Wildman–Crippen LogP) is 2.93. The van der Waals surface area contributed by atoms with Gasteiger partial charge in [0.2, 0.25) is 5.79 Å². The molecule has 0 bridgehead atoms. The van der Waals surface area contributed by atoms with Gasteiger partial charge in [-0.1, -0.05) is 49.4 Å². The minimum absolute atomic E-state index is 0.255. The number of likely N-dealkylation sites (N-methyl/N-ethyl adjacent to an activating group) is 1. The normalized spacial score (nSPS) is 25.3. The molecule has 0 amide bonds. The van der Waals surface area contributed by atoms with Gasteiger partial charge in [-0.3, -0.25) is 4.90 Å². The molecule has 1 N–H and O–H groups in total. The van der Waals surface area contributed by atoms with E-state index in [1.165, 1.54) is 0 Å². The van der Waals surface area contributed by atoms with Crippen LogP contribution in [-0.2, 0) is 10.5 Å². The molecule has 2 aromatic rings. The minimum Gasteiger partial charge on any atom is -0.497 e. The molecule has 1 fully saturated rings. The van der Waals surface area contributed by atoms with E-state index in [-0.39, 0.29) is 6.04 Å². The van der Waals surface area contributed by atoms with Crippen LogP contribution in [0.1, 0.15) is 24.1 Å². The van der Waals surface area contributed by atoms with Crippen LogP contribution >= 0.6 is 0 Å².